The fourth-order valence-corrected chi connectivity index (χ4v) is 2.95. The fourth-order valence-electron chi connectivity index (χ4n) is 2.95. The Bertz CT molecular complexity index is 1060. The van der Waals surface area contributed by atoms with Crippen LogP contribution in [0.15, 0.2) is 40.8 Å². The average molecular weight is 440 g/mol. The third kappa shape index (κ3) is 5.42. The van der Waals surface area contributed by atoms with E-state index in [9.17, 15) is 9.59 Å². The molecule has 0 saturated carbocycles. The molecule has 0 aliphatic rings. The molecule has 168 valence electrons. The lowest BCUT2D eigenvalue weighted by molar-refractivity contribution is -0.145. The lowest BCUT2D eigenvalue weighted by atomic mass is 10.1. The van der Waals surface area contributed by atoms with Crippen LogP contribution in [0.2, 0.25) is 0 Å². The Morgan fingerprint density at radius 1 is 0.906 bits per heavy atom. The van der Waals surface area contributed by atoms with Crippen molar-refractivity contribution in [3.8, 4) is 28.7 Å². The van der Waals surface area contributed by atoms with E-state index in [0.717, 1.165) is 5.56 Å². The second kappa shape index (κ2) is 10.4. The van der Waals surface area contributed by atoms with Crippen LogP contribution in [0.5, 0.6) is 17.2 Å². The van der Waals surface area contributed by atoms with Crippen molar-refractivity contribution in [1.29, 1.82) is 0 Å². The highest BCUT2D eigenvalue weighted by atomic mass is 16.5. The number of carbonyl (C=O) groups is 2. The predicted molar refractivity (Wildman–Crippen MR) is 114 cm³/mol. The number of rotatable bonds is 10. The maximum absolute atomic E-state index is 12.2. The zero-order chi connectivity index (χ0) is 23.1. The Morgan fingerprint density at radius 3 is 2.16 bits per heavy atom. The normalized spacial score (nSPS) is 10.5. The van der Waals surface area contributed by atoms with Gasteiger partial charge in [-0.05, 0) is 19.1 Å². The molecule has 32 heavy (non-hydrogen) atoms. The first-order valence-corrected chi connectivity index (χ1v) is 9.83. The van der Waals surface area contributed by atoms with Crippen LogP contribution in [0.25, 0.3) is 11.5 Å². The number of Topliss-reactive ketones (excluding diaryl/α,β-unsaturated/α-hetero) is 1. The Labute approximate surface area is 185 Å². The van der Waals surface area contributed by atoms with E-state index in [0.29, 0.717) is 28.4 Å². The summed E-state index contributed by atoms with van der Waals surface area (Å²) >= 11 is 0. The van der Waals surface area contributed by atoms with Gasteiger partial charge < -0.3 is 23.4 Å². The average Bonchev–Trinajstić information content (AvgIpc) is 3.29. The Morgan fingerprint density at radius 2 is 1.56 bits per heavy atom. The smallest absolute Gasteiger partial charge is 0.306 e. The first-order chi connectivity index (χ1) is 15.4. The molecule has 3 rings (SSSR count). The summed E-state index contributed by atoms with van der Waals surface area (Å²) in [5.74, 6) is 0.976. The van der Waals surface area contributed by atoms with Crippen LogP contribution < -0.4 is 14.2 Å². The lowest BCUT2D eigenvalue weighted by Gasteiger charge is -2.12. The van der Waals surface area contributed by atoms with Crippen molar-refractivity contribution < 1.29 is 33.0 Å². The maximum Gasteiger partial charge on any atom is 0.306 e. The SMILES string of the molecule is COc1cc(-c2nnc(COC(=O)CCC(=O)c3ccc(C)cc3)o2)cc(OC)c1OC. The minimum atomic E-state index is -0.530. The standard InChI is InChI=1S/C23H24N2O7/c1-14-5-7-15(8-6-14)17(26)9-10-21(27)31-13-20-24-25-23(32-20)16-11-18(28-2)22(30-4)19(12-16)29-3/h5-8,11-12H,9-10,13H2,1-4H3. The largest absolute Gasteiger partial charge is 0.493 e. The van der Waals surface area contributed by atoms with E-state index in [-0.39, 0.29) is 37.0 Å². The van der Waals surface area contributed by atoms with Crippen molar-refractivity contribution in [3.63, 3.8) is 0 Å². The van der Waals surface area contributed by atoms with Gasteiger partial charge in [0.2, 0.25) is 11.6 Å². The molecular formula is C23H24N2O7. The number of hydrogen-bond donors (Lipinski definition) is 0. The van der Waals surface area contributed by atoms with E-state index in [1.165, 1.54) is 21.3 Å². The molecule has 0 amide bonds. The summed E-state index contributed by atoms with van der Waals surface area (Å²) in [7, 11) is 4.51. The molecule has 9 nitrogen and oxygen atoms in total. The second-order valence-corrected chi connectivity index (χ2v) is 6.86. The van der Waals surface area contributed by atoms with Crippen LogP contribution in [0.1, 0.15) is 34.7 Å². The minimum Gasteiger partial charge on any atom is -0.493 e. The van der Waals surface area contributed by atoms with Gasteiger partial charge in [0.1, 0.15) is 0 Å². The van der Waals surface area contributed by atoms with Crippen molar-refractivity contribution in [2.24, 2.45) is 0 Å². The van der Waals surface area contributed by atoms with Gasteiger partial charge in [-0.25, -0.2) is 0 Å². The molecule has 1 aromatic heterocycles. The highest BCUT2D eigenvalue weighted by molar-refractivity contribution is 5.97. The number of benzene rings is 2. The molecule has 0 radical (unpaired) electrons. The second-order valence-electron chi connectivity index (χ2n) is 6.86. The number of aryl methyl sites for hydroxylation is 1. The van der Waals surface area contributed by atoms with Gasteiger partial charge in [-0.15, -0.1) is 10.2 Å². The molecule has 0 aliphatic carbocycles. The third-order valence-electron chi connectivity index (χ3n) is 4.66. The number of nitrogens with zero attached hydrogens (tertiary/aromatic N) is 2. The minimum absolute atomic E-state index is 0.0411. The highest BCUT2D eigenvalue weighted by Crippen LogP contribution is 2.40. The summed E-state index contributed by atoms with van der Waals surface area (Å²) in [6.07, 6.45) is 0.0169. The van der Waals surface area contributed by atoms with E-state index in [1.807, 2.05) is 19.1 Å². The van der Waals surface area contributed by atoms with Crippen LogP contribution in [0.4, 0.5) is 0 Å². The molecule has 0 aliphatic heterocycles. The van der Waals surface area contributed by atoms with Gasteiger partial charge in [-0.1, -0.05) is 29.8 Å². The van der Waals surface area contributed by atoms with Gasteiger partial charge in [-0.3, -0.25) is 9.59 Å². The van der Waals surface area contributed by atoms with Gasteiger partial charge in [0.05, 0.1) is 27.8 Å². The van der Waals surface area contributed by atoms with Gasteiger partial charge >= 0.3 is 5.97 Å². The number of methoxy groups -OCH3 is 3. The Hall–Kier alpha value is -3.88. The number of carbonyl (C=O) groups excluding carboxylic acids is 2. The van der Waals surface area contributed by atoms with E-state index < -0.39 is 5.97 Å². The quantitative estimate of drug-likeness (QED) is 0.343. The van der Waals surface area contributed by atoms with Gasteiger partial charge in [-0.2, -0.15) is 0 Å². The molecule has 0 bridgehead atoms. The molecular weight excluding hydrogens is 416 g/mol. The summed E-state index contributed by atoms with van der Waals surface area (Å²) in [5.41, 5.74) is 2.18. The molecule has 9 heteroatoms. The van der Waals surface area contributed by atoms with Crippen LogP contribution in [-0.2, 0) is 16.1 Å². The number of ether oxygens (including phenoxy) is 4. The van der Waals surface area contributed by atoms with Crippen molar-refractivity contribution in [3.05, 3.63) is 53.4 Å². The molecule has 0 atom stereocenters. The summed E-state index contributed by atoms with van der Waals surface area (Å²) in [6.45, 7) is 1.74. The van der Waals surface area contributed by atoms with Crippen molar-refractivity contribution in [2.45, 2.75) is 26.4 Å². The lowest BCUT2D eigenvalue weighted by Crippen LogP contribution is -2.08. The van der Waals surface area contributed by atoms with Crippen molar-refractivity contribution in [1.82, 2.24) is 10.2 Å². The maximum atomic E-state index is 12.2. The monoisotopic (exact) mass is 440 g/mol. The first kappa shape index (κ1) is 22.8. The molecule has 2 aromatic carbocycles. The first-order valence-electron chi connectivity index (χ1n) is 9.83. The summed E-state index contributed by atoms with van der Waals surface area (Å²) in [4.78, 5) is 24.2. The third-order valence-corrected chi connectivity index (χ3v) is 4.66. The fraction of sp³-hybridized carbons (Fsp3) is 0.304. The number of aromatic nitrogens is 2. The summed E-state index contributed by atoms with van der Waals surface area (Å²) in [6, 6.07) is 10.5. The molecule has 0 unspecified atom stereocenters. The highest BCUT2D eigenvalue weighted by Gasteiger charge is 2.18. The molecule has 0 fully saturated rings. The van der Waals surface area contributed by atoms with Crippen LogP contribution in [0, 0.1) is 6.92 Å². The Balaban J connectivity index is 1.58. The molecule has 0 N–H and O–H groups in total. The van der Waals surface area contributed by atoms with E-state index in [4.69, 9.17) is 23.4 Å². The summed E-state index contributed by atoms with van der Waals surface area (Å²) < 4.78 is 26.7. The van der Waals surface area contributed by atoms with Crippen molar-refractivity contribution in [2.75, 3.05) is 21.3 Å². The topological polar surface area (TPSA) is 110 Å². The molecule has 1 heterocycles. The van der Waals surface area contributed by atoms with Crippen LogP contribution in [-0.4, -0.2) is 43.3 Å². The van der Waals surface area contributed by atoms with Gasteiger partial charge in [0.25, 0.3) is 5.89 Å². The predicted octanol–water partition coefficient (Wildman–Crippen LogP) is 3.78. The zero-order valence-electron chi connectivity index (χ0n) is 18.3. The summed E-state index contributed by atoms with van der Waals surface area (Å²) in [5, 5.41) is 7.87. The van der Waals surface area contributed by atoms with Gasteiger partial charge in [0.15, 0.2) is 23.9 Å². The number of esters is 1. The zero-order valence-corrected chi connectivity index (χ0v) is 18.3. The molecule has 0 saturated heterocycles. The van der Waals surface area contributed by atoms with Crippen LogP contribution in [0.3, 0.4) is 0 Å². The number of hydrogen-bond acceptors (Lipinski definition) is 9. The van der Waals surface area contributed by atoms with E-state index in [2.05, 4.69) is 10.2 Å². The van der Waals surface area contributed by atoms with E-state index in [1.54, 1.807) is 24.3 Å². The van der Waals surface area contributed by atoms with Crippen molar-refractivity contribution >= 4 is 11.8 Å². The molecule has 0 spiro atoms. The Kier molecular flexibility index (Phi) is 7.43. The van der Waals surface area contributed by atoms with Gasteiger partial charge in [0, 0.05) is 17.5 Å². The molecule has 3 aromatic rings. The van der Waals surface area contributed by atoms with Crippen LogP contribution >= 0.6 is 0 Å². The number of ketones is 1. The van der Waals surface area contributed by atoms with E-state index >= 15 is 0 Å².